The zero-order valence-electron chi connectivity index (χ0n) is 11.8. The number of sulfone groups is 1. The quantitative estimate of drug-likeness (QED) is 0.425. The minimum absolute atomic E-state index is 0. The van der Waals surface area contributed by atoms with E-state index in [4.69, 9.17) is 5.73 Å². The van der Waals surface area contributed by atoms with Gasteiger partial charge in [0.1, 0.15) is 11.6 Å². The summed E-state index contributed by atoms with van der Waals surface area (Å²) in [5, 5.41) is 1.88. The molecule has 1 aromatic rings. The molecule has 0 spiro atoms. The molecular weight excluding hydrogens is 427 g/mol. The molecule has 9 heteroatoms. The summed E-state index contributed by atoms with van der Waals surface area (Å²) in [6.07, 6.45) is 2.06. The van der Waals surface area contributed by atoms with Gasteiger partial charge in [0.15, 0.2) is 15.8 Å². The van der Waals surface area contributed by atoms with Gasteiger partial charge in [0.05, 0.1) is 23.2 Å². The van der Waals surface area contributed by atoms with Crippen molar-refractivity contribution < 1.29 is 17.2 Å². The van der Waals surface area contributed by atoms with Gasteiger partial charge in [-0.15, -0.1) is 24.0 Å². The highest BCUT2D eigenvalue weighted by Gasteiger charge is 2.28. The molecule has 0 aromatic heterocycles. The van der Waals surface area contributed by atoms with E-state index in [9.17, 15) is 17.2 Å². The van der Waals surface area contributed by atoms with Crippen LogP contribution in [0.4, 0.5) is 14.5 Å². The van der Waals surface area contributed by atoms with Gasteiger partial charge >= 0.3 is 0 Å². The Kier molecular flexibility index (Phi) is 6.98. The number of hydrogen-bond donors (Lipinski definition) is 2. The maximum Gasteiger partial charge on any atom is 0.193 e. The van der Waals surface area contributed by atoms with Gasteiger partial charge in [-0.05, 0) is 25.0 Å². The van der Waals surface area contributed by atoms with E-state index in [1.165, 1.54) is 0 Å². The summed E-state index contributed by atoms with van der Waals surface area (Å²) in [6.45, 7) is 0.0259. The van der Waals surface area contributed by atoms with Gasteiger partial charge in [-0.1, -0.05) is 6.42 Å². The molecule has 5 nitrogen and oxygen atoms in total. The lowest BCUT2D eigenvalue weighted by atomic mass is 10.2. The average Bonchev–Trinajstić information content (AvgIpc) is 2.41. The summed E-state index contributed by atoms with van der Waals surface area (Å²) in [6, 6.07) is 2.91. The van der Waals surface area contributed by atoms with E-state index in [0.717, 1.165) is 24.6 Å². The van der Waals surface area contributed by atoms with Gasteiger partial charge in [-0.3, -0.25) is 4.99 Å². The number of nitrogens with two attached hydrogens (primary N) is 1. The van der Waals surface area contributed by atoms with Crippen LogP contribution in [0.5, 0.6) is 0 Å². The number of nitrogens with one attached hydrogen (secondary N) is 1. The van der Waals surface area contributed by atoms with Crippen molar-refractivity contribution in [3.8, 4) is 0 Å². The molecule has 0 radical (unpaired) electrons. The Balaban J connectivity index is 0.00000242. The predicted octanol–water partition coefficient (Wildman–Crippen LogP) is 2.28. The molecule has 1 aliphatic heterocycles. The van der Waals surface area contributed by atoms with E-state index < -0.39 is 26.7 Å². The number of anilines is 1. The Morgan fingerprint density at radius 3 is 2.77 bits per heavy atom. The molecule has 1 fully saturated rings. The Labute approximate surface area is 145 Å². The van der Waals surface area contributed by atoms with Crippen LogP contribution in [0, 0.1) is 11.6 Å². The lowest BCUT2D eigenvalue weighted by Gasteiger charge is -2.20. The second-order valence-corrected chi connectivity index (χ2v) is 7.36. The summed E-state index contributed by atoms with van der Waals surface area (Å²) in [5.74, 6) is -1.25. The first-order valence-electron chi connectivity index (χ1n) is 6.62. The number of hydrogen-bond acceptors (Lipinski definition) is 3. The van der Waals surface area contributed by atoms with E-state index in [1.54, 1.807) is 0 Å². The monoisotopic (exact) mass is 445 g/mol. The van der Waals surface area contributed by atoms with Gasteiger partial charge in [0.2, 0.25) is 0 Å². The maximum atomic E-state index is 13.4. The molecule has 0 aliphatic carbocycles. The lowest BCUT2D eigenvalue weighted by molar-refractivity contribution is 0.541. The number of nitrogens with zero attached hydrogens (tertiary/aromatic N) is 1. The Hall–Kier alpha value is -0.970. The maximum absolute atomic E-state index is 13.4. The normalized spacial score (nSPS) is 21.0. The van der Waals surface area contributed by atoms with E-state index in [-0.39, 0.29) is 47.9 Å². The van der Waals surface area contributed by atoms with Crippen molar-refractivity contribution in [1.82, 2.24) is 0 Å². The van der Waals surface area contributed by atoms with E-state index >= 15 is 0 Å². The highest BCUT2D eigenvalue weighted by atomic mass is 127. The van der Waals surface area contributed by atoms with Crippen molar-refractivity contribution in [3.05, 3.63) is 29.8 Å². The van der Waals surface area contributed by atoms with Crippen LogP contribution < -0.4 is 11.1 Å². The summed E-state index contributed by atoms with van der Waals surface area (Å²) in [4.78, 5) is 3.92. The standard InChI is InChI=1S/C13H17F2N3O2S.HI/c14-9-4-5-11(15)12(7-9)18-13(16)17-8-10-3-1-2-6-21(10,19)20;/h4-5,7,10H,1-3,6,8H2,(H3,16,17,18);1H. The molecule has 1 saturated heterocycles. The second kappa shape index (κ2) is 8.04. The Morgan fingerprint density at radius 1 is 1.36 bits per heavy atom. The zero-order valence-corrected chi connectivity index (χ0v) is 14.9. The summed E-state index contributed by atoms with van der Waals surface area (Å²) >= 11 is 0. The van der Waals surface area contributed by atoms with Crippen molar-refractivity contribution in [1.29, 1.82) is 0 Å². The molecule has 1 atom stereocenters. The molecule has 1 aliphatic rings. The molecule has 1 unspecified atom stereocenters. The highest BCUT2D eigenvalue weighted by molar-refractivity contribution is 14.0. The third kappa shape index (κ3) is 5.04. The van der Waals surface area contributed by atoms with Crippen molar-refractivity contribution in [2.45, 2.75) is 24.5 Å². The van der Waals surface area contributed by atoms with Gasteiger partial charge in [0.25, 0.3) is 0 Å². The lowest BCUT2D eigenvalue weighted by Crippen LogP contribution is -2.32. The third-order valence-electron chi connectivity index (χ3n) is 3.37. The summed E-state index contributed by atoms with van der Waals surface area (Å²) in [5.41, 5.74) is 5.45. The van der Waals surface area contributed by atoms with Crippen LogP contribution in [0.3, 0.4) is 0 Å². The first-order chi connectivity index (χ1) is 9.88. The minimum Gasteiger partial charge on any atom is -0.370 e. The number of rotatable bonds is 3. The fourth-order valence-electron chi connectivity index (χ4n) is 2.20. The van der Waals surface area contributed by atoms with Crippen LogP contribution in [0.1, 0.15) is 19.3 Å². The molecular formula is C13H18F2IN3O2S. The van der Waals surface area contributed by atoms with E-state index in [1.807, 2.05) is 0 Å². The summed E-state index contributed by atoms with van der Waals surface area (Å²) < 4.78 is 50.0. The average molecular weight is 445 g/mol. The fourth-order valence-corrected chi connectivity index (χ4v) is 3.96. The van der Waals surface area contributed by atoms with Crippen molar-refractivity contribution in [3.63, 3.8) is 0 Å². The van der Waals surface area contributed by atoms with Crippen LogP contribution >= 0.6 is 24.0 Å². The van der Waals surface area contributed by atoms with Gasteiger partial charge in [-0.2, -0.15) is 0 Å². The van der Waals surface area contributed by atoms with Crippen molar-refractivity contribution in [2.24, 2.45) is 10.7 Å². The van der Waals surface area contributed by atoms with E-state index in [2.05, 4.69) is 10.3 Å². The predicted molar refractivity (Wildman–Crippen MR) is 93.3 cm³/mol. The molecule has 0 saturated carbocycles. The summed E-state index contributed by atoms with van der Waals surface area (Å²) in [7, 11) is -3.13. The molecule has 22 heavy (non-hydrogen) atoms. The second-order valence-electron chi connectivity index (χ2n) is 4.96. The van der Waals surface area contributed by atoms with Gasteiger partial charge < -0.3 is 11.1 Å². The van der Waals surface area contributed by atoms with Gasteiger partial charge in [-0.25, -0.2) is 17.2 Å². The topological polar surface area (TPSA) is 84.5 Å². The zero-order chi connectivity index (χ0) is 15.5. The van der Waals surface area contributed by atoms with Crippen LogP contribution in [0.15, 0.2) is 23.2 Å². The molecule has 3 N–H and O–H groups in total. The molecule has 0 bridgehead atoms. The fraction of sp³-hybridized carbons (Fsp3) is 0.462. The van der Waals surface area contributed by atoms with Crippen LogP contribution in [-0.2, 0) is 9.84 Å². The van der Waals surface area contributed by atoms with Crippen LogP contribution in [0.25, 0.3) is 0 Å². The largest absolute Gasteiger partial charge is 0.370 e. The molecule has 1 aromatic carbocycles. The van der Waals surface area contributed by atoms with E-state index in [0.29, 0.717) is 12.8 Å². The van der Waals surface area contributed by atoms with Gasteiger partial charge in [0, 0.05) is 6.07 Å². The molecule has 1 heterocycles. The molecule has 2 rings (SSSR count). The molecule has 124 valence electrons. The highest BCUT2D eigenvalue weighted by Crippen LogP contribution is 2.20. The third-order valence-corrected chi connectivity index (χ3v) is 5.63. The smallest absolute Gasteiger partial charge is 0.193 e. The number of benzene rings is 1. The van der Waals surface area contributed by atoms with Crippen LogP contribution in [-0.4, -0.2) is 31.9 Å². The molecule has 0 amide bonds. The number of aliphatic imine (C=N–C) groups is 1. The first-order valence-corrected chi connectivity index (χ1v) is 8.33. The SMILES string of the molecule is I.NC(=NCC1CCCCS1(=O)=O)Nc1cc(F)ccc1F. The Morgan fingerprint density at radius 2 is 2.09 bits per heavy atom. The number of guanidine groups is 1. The first kappa shape index (κ1) is 19.1. The van der Waals surface area contributed by atoms with Crippen molar-refractivity contribution >= 4 is 45.5 Å². The van der Waals surface area contributed by atoms with Crippen LogP contribution in [0.2, 0.25) is 0 Å². The Bertz CT molecular complexity index is 653. The number of halogens is 3. The minimum atomic E-state index is -3.13. The van der Waals surface area contributed by atoms with Crippen molar-refractivity contribution in [2.75, 3.05) is 17.6 Å².